The molecule has 4 N–H and O–H groups in total. The summed E-state index contributed by atoms with van der Waals surface area (Å²) in [4.78, 5) is 13.5. The fourth-order valence-corrected chi connectivity index (χ4v) is 2.18. The monoisotopic (exact) mass is 215 g/mol. The number of hydrazine groups is 1. The Kier molecular flexibility index (Phi) is 3.38. The second-order valence-corrected chi connectivity index (χ2v) is 4.82. The van der Waals surface area contributed by atoms with Crippen LogP contribution in [-0.4, -0.2) is 27.8 Å². The van der Waals surface area contributed by atoms with Crippen LogP contribution >= 0.6 is 0 Å². The molecule has 5 nitrogen and oxygen atoms in total. The van der Waals surface area contributed by atoms with Gasteiger partial charge in [0.25, 0.3) is 0 Å². The lowest BCUT2D eigenvalue weighted by atomic mass is 9.93. The van der Waals surface area contributed by atoms with Crippen molar-refractivity contribution in [2.45, 2.75) is 46.0 Å². The van der Waals surface area contributed by atoms with E-state index < -0.39 is 5.85 Å². The highest BCUT2D eigenvalue weighted by atomic mass is 16.3. The number of aliphatic hydroxyl groups is 1. The van der Waals surface area contributed by atoms with Crippen molar-refractivity contribution in [1.29, 1.82) is 0 Å². The summed E-state index contributed by atoms with van der Waals surface area (Å²) in [6.45, 7) is 7.68. The van der Waals surface area contributed by atoms with E-state index in [0.717, 1.165) is 0 Å². The van der Waals surface area contributed by atoms with E-state index in [-0.39, 0.29) is 23.8 Å². The lowest BCUT2D eigenvalue weighted by Gasteiger charge is -2.35. The standard InChI is InChI=1S/C10H21N3O2/c1-6(2)8-5-10(15,12-11)13(7(3)4)9(8)14/h6-8,12,15H,5,11H2,1-4H3. The van der Waals surface area contributed by atoms with Crippen LogP contribution in [-0.2, 0) is 4.79 Å². The average molecular weight is 215 g/mol. The summed E-state index contributed by atoms with van der Waals surface area (Å²) in [5, 5.41) is 10.2. The van der Waals surface area contributed by atoms with Gasteiger partial charge >= 0.3 is 0 Å². The molecular weight excluding hydrogens is 194 g/mol. The molecule has 15 heavy (non-hydrogen) atoms. The molecule has 1 saturated heterocycles. The number of carbonyl (C=O) groups is 1. The van der Waals surface area contributed by atoms with Crippen LogP contribution in [0.2, 0.25) is 0 Å². The van der Waals surface area contributed by atoms with E-state index in [4.69, 9.17) is 5.84 Å². The molecule has 1 amide bonds. The summed E-state index contributed by atoms with van der Waals surface area (Å²) in [5.41, 5.74) is 2.35. The van der Waals surface area contributed by atoms with E-state index >= 15 is 0 Å². The molecule has 0 bridgehead atoms. The van der Waals surface area contributed by atoms with Crippen LogP contribution < -0.4 is 11.3 Å². The van der Waals surface area contributed by atoms with Gasteiger partial charge in [0.15, 0.2) is 0 Å². The number of rotatable bonds is 3. The summed E-state index contributed by atoms with van der Waals surface area (Å²) in [6, 6.07) is -0.0673. The Bertz CT molecular complexity index is 255. The fraction of sp³-hybridized carbons (Fsp3) is 0.900. The zero-order valence-corrected chi connectivity index (χ0v) is 9.82. The number of amides is 1. The molecule has 1 rings (SSSR count). The van der Waals surface area contributed by atoms with E-state index in [9.17, 15) is 9.90 Å². The minimum atomic E-state index is -1.39. The van der Waals surface area contributed by atoms with E-state index in [1.165, 1.54) is 4.90 Å². The van der Waals surface area contributed by atoms with Crippen molar-refractivity contribution in [3.8, 4) is 0 Å². The number of hydrogen-bond acceptors (Lipinski definition) is 4. The predicted molar refractivity (Wildman–Crippen MR) is 57.2 cm³/mol. The van der Waals surface area contributed by atoms with Crippen molar-refractivity contribution >= 4 is 5.91 Å². The number of nitrogens with zero attached hydrogens (tertiary/aromatic N) is 1. The Hall–Kier alpha value is -0.650. The first-order valence-electron chi connectivity index (χ1n) is 5.37. The fourth-order valence-electron chi connectivity index (χ4n) is 2.18. The third-order valence-electron chi connectivity index (χ3n) is 3.01. The Labute approximate surface area is 90.6 Å². The molecule has 1 aliphatic rings. The van der Waals surface area contributed by atoms with Crippen molar-refractivity contribution in [2.24, 2.45) is 17.7 Å². The Morgan fingerprint density at radius 3 is 2.33 bits per heavy atom. The number of hydrogen-bond donors (Lipinski definition) is 3. The van der Waals surface area contributed by atoms with Gasteiger partial charge in [-0.15, -0.1) is 0 Å². The van der Waals surface area contributed by atoms with Crippen molar-refractivity contribution < 1.29 is 9.90 Å². The summed E-state index contributed by atoms with van der Waals surface area (Å²) in [7, 11) is 0. The van der Waals surface area contributed by atoms with Gasteiger partial charge in [-0.3, -0.25) is 15.5 Å². The molecule has 0 radical (unpaired) electrons. The lowest BCUT2D eigenvalue weighted by Crippen LogP contribution is -2.61. The maximum atomic E-state index is 12.0. The third-order valence-corrected chi connectivity index (χ3v) is 3.01. The normalized spacial score (nSPS) is 32.1. The summed E-state index contributed by atoms with van der Waals surface area (Å²) in [6.07, 6.45) is 0.345. The van der Waals surface area contributed by atoms with Crippen molar-refractivity contribution in [1.82, 2.24) is 10.3 Å². The quantitative estimate of drug-likeness (QED) is 0.352. The maximum absolute atomic E-state index is 12.0. The van der Waals surface area contributed by atoms with Crippen molar-refractivity contribution in [3.05, 3.63) is 0 Å². The van der Waals surface area contributed by atoms with Gasteiger partial charge in [0.1, 0.15) is 0 Å². The Morgan fingerprint density at radius 1 is 1.53 bits per heavy atom. The van der Waals surface area contributed by atoms with Gasteiger partial charge in [-0.25, -0.2) is 5.43 Å². The average Bonchev–Trinajstić information content (AvgIpc) is 2.39. The minimum Gasteiger partial charge on any atom is -0.357 e. The first-order valence-corrected chi connectivity index (χ1v) is 5.37. The van der Waals surface area contributed by atoms with Crippen LogP contribution in [0.1, 0.15) is 34.1 Å². The van der Waals surface area contributed by atoms with E-state index in [2.05, 4.69) is 5.43 Å². The summed E-state index contributed by atoms with van der Waals surface area (Å²) < 4.78 is 0. The highest BCUT2D eigenvalue weighted by molar-refractivity contribution is 5.82. The zero-order valence-electron chi connectivity index (χ0n) is 9.82. The molecule has 2 unspecified atom stereocenters. The van der Waals surface area contributed by atoms with E-state index in [1.807, 2.05) is 27.7 Å². The highest BCUT2D eigenvalue weighted by Gasteiger charge is 2.51. The molecule has 0 spiro atoms. The van der Waals surface area contributed by atoms with Crippen LogP contribution in [0.25, 0.3) is 0 Å². The van der Waals surface area contributed by atoms with Gasteiger partial charge in [-0.2, -0.15) is 0 Å². The highest BCUT2D eigenvalue weighted by Crippen LogP contribution is 2.35. The van der Waals surface area contributed by atoms with Gasteiger partial charge in [-0.1, -0.05) is 13.8 Å². The minimum absolute atomic E-state index is 0.0274. The topological polar surface area (TPSA) is 78.6 Å². The van der Waals surface area contributed by atoms with Crippen LogP contribution in [0.4, 0.5) is 0 Å². The second-order valence-electron chi connectivity index (χ2n) is 4.82. The van der Waals surface area contributed by atoms with Gasteiger partial charge in [0, 0.05) is 18.4 Å². The van der Waals surface area contributed by atoms with Crippen molar-refractivity contribution in [3.63, 3.8) is 0 Å². The SMILES string of the molecule is CC(C)C1CC(O)(NN)N(C(C)C)C1=O. The van der Waals surface area contributed by atoms with Gasteiger partial charge < -0.3 is 5.11 Å². The number of carbonyl (C=O) groups excluding carboxylic acids is 1. The Balaban J connectivity index is 2.98. The molecule has 1 fully saturated rings. The molecule has 88 valence electrons. The molecule has 5 heteroatoms. The first kappa shape index (κ1) is 12.4. The van der Waals surface area contributed by atoms with Crippen LogP contribution in [0.3, 0.4) is 0 Å². The van der Waals surface area contributed by atoms with Gasteiger partial charge in [-0.05, 0) is 19.8 Å². The molecule has 2 atom stereocenters. The maximum Gasteiger partial charge on any atom is 0.229 e. The predicted octanol–water partition coefficient (Wildman–Crippen LogP) is 0.00870. The van der Waals surface area contributed by atoms with Crippen molar-refractivity contribution in [2.75, 3.05) is 0 Å². The molecular formula is C10H21N3O2. The lowest BCUT2D eigenvalue weighted by molar-refractivity contribution is -0.158. The third kappa shape index (κ3) is 2.00. The number of likely N-dealkylation sites (tertiary alicyclic amines) is 1. The number of nitrogens with two attached hydrogens (primary N) is 1. The molecule has 0 aliphatic carbocycles. The molecule has 0 aromatic rings. The molecule has 1 aliphatic heterocycles. The van der Waals surface area contributed by atoms with Gasteiger partial charge in [0.05, 0.1) is 0 Å². The van der Waals surface area contributed by atoms with Crippen LogP contribution in [0.15, 0.2) is 0 Å². The second kappa shape index (κ2) is 4.08. The molecule has 0 aromatic carbocycles. The molecule has 0 saturated carbocycles. The number of nitrogens with one attached hydrogen (secondary N) is 1. The van der Waals surface area contributed by atoms with E-state index in [1.54, 1.807) is 0 Å². The van der Waals surface area contributed by atoms with Gasteiger partial charge in [0.2, 0.25) is 11.8 Å². The smallest absolute Gasteiger partial charge is 0.229 e. The molecule has 0 aromatic heterocycles. The summed E-state index contributed by atoms with van der Waals surface area (Å²) in [5.74, 6) is 3.96. The summed E-state index contributed by atoms with van der Waals surface area (Å²) >= 11 is 0. The van der Waals surface area contributed by atoms with E-state index in [0.29, 0.717) is 6.42 Å². The van der Waals surface area contributed by atoms with Crippen LogP contribution in [0, 0.1) is 11.8 Å². The molecule has 1 heterocycles. The Morgan fingerprint density at radius 2 is 2.07 bits per heavy atom. The first-order chi connectivity index (χ1) is 6.83. The zero-order chi connectivity index (χ0) is 11.8. The van der Waals surface area contributed by atoms with Crippen LogP contribution in [0.5, 0.6) is 0 Å². The largest absolute Gasteiger partial charge is 0.357 e.